The van der Waals surface area contributed by atoms with E-state index < -0.39 is 6.04 Å². The Morgan fingerprint density at radius 3 is 2.76 bits per heavy atom. The molecule has 0 bridgehead atoms. The molecule has 2 aromatic rings. The van der Waals surface area contributed by atoms with Gasteiger partial charge in [-0.1, -0.05) is 30.3 Å². The van der Waals surface area contributed by atoms with E-state index in [-0.39, 0.29) is 30.7 Å². The average Bonchev–Trinajstić information content (AvgIpc) is 3.25. The molecule has 2 atom stereocenters. The number of anilines is 1. The molecule has 3 amide bonds. The Hall–Kier alpha value is -2.94. The summed E-state index contributed by atoms with van der Waals surface area (Å²) in [6, 6.07) is 8.81. The van der Waals surface area contributed by atoms with Crippen molar-refractivity contribution < 1.29 is 18.8 Å². The van der Waals surface area contributed by atoms with Gasteiger partial charge in [-0.05, 0) is 25.5 Å². The fourth-order valence-corrected chi connectivity index (χ4v) is 3.65. The van der Waals surface area contributed by atoms with Gasteiger partial charge in [-0.3, -0.25) is 4.79 Å². The third-order valence-corrected chi connectivity index (χ3v) is 5.29. The van der Waals surface area contributed by atoms with E-state index in [1.807, 2.05) is 44.2 Å². The maximum Gasteiger partial charge on any atom is 0.318 e. The Balaban J connectivity index is 1.24. The monoisotopic (exact) mass is 399 g/mol. The van der Waals surface area contributed by atoms with Crippen LogP contribution in [0.3, 0.4) is 0 Å². The number of aryl methyl sites for hydroxylation is 1. The number of urea groups is 1. The first-order valence-corrected chi connectivity index (χ1v) is 9.91. The van der Waals surface area contributed by atoms with Gasteiger partial charge in [0.2, 0.25) is 5.91 Å². The molecule has 1 N–H and O–H groups in total. The maximum absolute atomic E-state index is 12.8. The standard InChI is InChI=1S/C20H25N5O4/c1-3-17-22-18(29-23-17)12-28-15-10-24(11-15)20(27)21-16-9-13(2)25(19(16)26)14-7-5-4-6-8-14/h4-8,13,15-16H,3,9-12H2,1-2H3,(H,21,27). The van der Waals surface area contributed by atoms with Crippen LogP contribution < -0.4 is 10.2 Å². The molecule has 9 heteroatoms. The summed E-state index contributed by atoms with van der Waals surface area (Å²) in [5, 5.41) is 6.69. The van der Waals surface area contributed by atoms with Crippen molar-refractivity contribution in [1.29, 1.82) is 0 Å². The molecule has 3 heterocycles. The largest absolute Gasteiger partial charge is 0.365 e. The summed E-state index contributed by atoms with van der Waals surface area (Å²) in [5.41, 5.74) is 0.853. The molecule has 0 aliphatic carbocycles. The van der Waals surface area contributed by atoms with Gasteiger partial charge in [0.1, 0.15) is 12.6 Å². The number of carbonyl (C=O) groups is 2. The zero-order chi connectivity index (χ0) is 20.4. The summed E-state index contributed by atoms with van der Waals surface area (Å²) in [6.07, 6.45) is 1.22. The molecular formula is C20H25N5O4. The lowest BCUT2D eigenvalue weighted by molar-refractivity contribution is -0.118. The Labute approximate surface area is 169 Å². The van der Waals surface area contributed by atoms with E-state index in [1.54, 1.807) is 9.80 Å². The molecule has 2 fully saturated rings. The van der Waals surface area contributed by atoms with Gasteiger partial charge in [0.05, 0.1) is 19.2 Å². The highest BCUT2D eigenvalue weighted by molar-refractivity contribution is 6.01. The zero-order valence-corrected chi connectivity index (χ0v) is 16.6. The minimum atomic E-state index is -0.511. The smallest absolute Gasteiger partial charge is 0.318 e. The number of ether oxygens (including phenoxy) is 1. The van der Waals surface area contributed by atoms with Crippen molar-refractivity contribution in [2.75, 3.05) is 18.0 Å². The van der Waals surface area contributed by atoms with Crippen LogP contribution in [0.1, 0.15) is 32.0 Å². The molecule has 0 radical (unpaired) electrons. The fourth-order valence-electron chi connectivity index (χ4n) is 3.65. The third-order valence-electron chi connectivity index (χ3n) is 5.29. The second-order valence-corrected chi connectivity index (χ2v) is 7.43. The van der Waals surface area contributed by atoms with Gasteiger partial charge in [0.15, 0.2) is 5.82 Å². The molecule has 1 aromatic heterocycles. The highest BCUT2D eigenvalue weighted by Gasteiger charge is 2.41. The van der Waals surface area contributed by atoms with Gasteiger partial charge in [0.25, 0.3) is 5.89 Å². The van der Waals surface area contributed by atoms with Crippen LogP contribution in [0.4, 0.5) is 10.5 Å². The molecule has 0 spiro atoms. The van der Waals surface area contributed by atoms with Crippen molar-refractivity contribution in [3.63, 3.8) is 0 Å². The molecule has 154 valence electrons. The van der Waals surface area contributed by atoms with Crippen LogP contribution in [0, 0.1) is 0 Å². The predicted molar refractivity (Wildman–Crippen MR) is 104 cm³/mol. The Bertz CT molecular complexity index is 865. The number of para-hydroxylation sites is 1. The van der Waals surface area contributed by atoms with Gasteiger partial charge in [0, 0.05) is 18.2 Å². The van der Waals surface area contributed by atoms with Crippen LogP contribution in [-0.4, -0.2) is 58.3 Å². The molecule has 2 aliphatic rings. The van der Waals surface area contributed by atoms with Crippen molar-refractivity contribution in [3.8, 4) is 0 Å². The molecule has 1 aromatic carbocycles. The predicted octanol–water partition coefficient (Wildman–Crippen LogP) is 1.74. The molecule has 9 nitrogen and oxygen atoms in total. The normalized spacial score (nSPS) is 22.1. The van der Waals surface area contributed by atoms with Crippen molar-refractivity contribution in [2.45, 2.75) is 51.5 Å². The fraction of sp³-hybridized carbons (Fsp3) is 0.500. The molecular weight excluding hydrogens is 374 g/mol. The Morgan fingerprint density at radius 2 is 2.07 bits per heavy atom. The first-order chi connectivity index (χ1) is 14.0. The number of hydrogen-bond donors (Lipinski definition) is 1. The second kappa shape index (κ2) is 8.20. The minimum absolute atomic E-state index is 0.0325. The number of nitrogens with one attached hydrogen (secondary N) is 1. The molecule has 2 unspecified atom stereocenters. The van der Waals surface area contributed by atoms with Gasteiger partial charge < -0.3 is 24.4 Å². The van der Waals surface area contributed by atoms with Crippen molar-refractivity contribution >= 4 is 17.6 Å². The molecule has 2 saturated heterocycles. The first-order valence-electron chi connectivity index (χ1n) is 9.91. The van der Waals surface area contributed by atoms with E-state index >= 15 is 0 Å². The highest BCUT2D eigenvalue weighted by atomic mass is 16.5. The van der Waals surface area contributed by atoms with Crippen molar-refractivity contribution in [3.05, 3.63) is 42.0 Å². The molecule has 0 saturated carbocycles. The number of nitrogens with zero attached hydrogens (tertiary/aromatic N) is 4. The quantitative estimate of drug-likeness (QED) is 0.794. The lowest BCUT2D eigenvalue weighted by atomic mass is 10.1. The van der Waals surface area contributed by atoms with E-state index in [0.29, 0.717) is 37.6 Å². The van der Waals surface area contributed by atoms with E-state index in [2.05, 4.69) is 15.5 Å². The van der Waals surface area contributed by atoms with Crippen molar-refractivity contribution in [2.24, 2.45) is 0 Å². The lowest BCUT2D eigenvalue weighted by Crippen LogP contribution is -2.59. The summed E-state index contributed by atoms with van der Waals surface area (Å²) < 4.78 is 10.8. The highest BCUT2D eigenvalue weighted by Crippen LogP contribution is 2.27. The summed E-state index contributed by atoms with van der Waals surface area (Å²) >= 11 is 0. The van der Waals surface area contributed by atoms with E-state index in [0.717, 1.165) is 5.69 Å². The summed E-state index contributed by atoms with van der Waals surface area (Å²) in [6.45, 7) is 5.12. The van der Waals surface area contributed by atoms with Gasteiger partial charge in [-0.15, -0.1) is 0 Å². The number of rotatable bonds is 6. The van der Waals surface area contributed by atoms with Crippen LogP contribution in [0.15, 0.2) is 34.9 Å². The minimum Gasteiger partial charge on any atom is -0.365 e. The first kappa shape index (κ1) is 19.4. The molecule has 4 rings (SSSR count). The van der Waals surface area contributed by atoms with Gasteiger partial charge in [-0.25, -0.2) is 4.79 Å². The van der Waals surface area contributed by atoms with Crippen LogP contribution in [0.25, 0.3) is 0 Å². The van der Waals surface area contributed by atoms with Crippen LogP contribution in [0.2, 0.25) is 0 Å². The topological polar surface area (TPSA) is 101 Å². The van der Waals surface area contributed by atoms with Crippen LogP contribution in [-0.2, 0) is 22.6 Å². The number of carbonyl (C=O) groups excluding carboxylic acids is 2. The third kappa shape index (κ3) is 4.09. The second-order valence-electron chi connectivity index (χ2n) is 7.43. The van der Waals surface area contributed by atoms with Crippen LogP contribution in [0.5, 0.6) is 0 Å². The van der Waals surface area contributed by atoms with Crippen molar-refractivity contribution in [1.82, 2.24) is 20.4 Å². The summed E-state index contributed by atoms with van der Waals surface area (Å²) in [7, 11) is 0. The number of aromatic nitrogens is 2. The average molecular weight is 399 g/mol. The van der Waals surface area contributed by atoms with Gasteiger partial charge >= 0.3 is 6.03 Å². The SMILES string of the molecule is CCc1noc(COC2CN(C(=O)NC3CC(C)N(c4ccccc4)C3=O)C2)n1. The summed E-state index contributed by atoms with van der Waals surface area (Å²) in [4.78, 5) is 32.8. The summed E-state index contributed by atoms with van der Waals surface area (Å²) in [5.74, 6) is 1.02. The number of hydrogen-bond acceptors (Lipinski definition) is 6. The van der Waals surface area contributed by atoms with Crippen LogP contribution >= 0.6 is 0 Å². The maximum atomic E-state index is 12.8. The Kier molecular flexibility index (Phi) is 5.48. The number of likely N-dealkylation sites (tertiary alicyclic amines) is 1. The molecule has 29 heavy (non-hydrogen) atoms. The van der Waals surface area contributed by atoms with E-state index in [1.165, 1.54) is 0 Å². The number of benzene rings is 1. The zero-order valence-electron chi connectivity index (χ0n) is 16.6. The Morgan fingerprint density at radius 1 is 1.31 bits per heavy atom. The number of amides is 3. The lowest BCUT2D eigenvalue weighted by Gasteiger charge is -2.38. The van der Waals surface area contributed by atoms with E-state index in [9.17, 15) is 9.59 Å². The molecule has 2 aliphatic heterocycles. The van der Waals surface area contributed by atoms with Gasteiger partial charge in [-0.2, -0.15) is 4.98 Å². The van der Waals surface area contributed by atoms with E-state index in [4.69, 9.17) is 9.26 Å².